The Hall–Kier alpha value is -3.67. The summed E-state index contributed by atoms with van der Waals surface area (Å²) in [6.07, 6.45) is 5.65. The fourth-order valence-electron chi connectivity index (χ4n) is 3.91. The number of hydrogen-bond acceptors (Lipinski definition) is 4. The lowest BCUT2D eigenvalue weighted by molar-refractivity contribution is -0.121. The Morgan fingerprint density at radius 3 is 2.52 bits per heavy atom. The minimum Gasteiger partial charge on any atom is -0.497 e. The van der Waals surface area contributed by atoms with Crippen LogP contribution < -0.4 is 10.1 Å². The lowest BCUT2D eigenvalue weighted by Crippen LogP contribution is -2.50. The molecule has 31 heavy (non-hydrogen) atoms. The minimum atomic E-state index is -0.491. The molecule has 0 radical (unpaired) electrons. The second kappa shape index (κ2) is 9.43. The summed E-state index contributed by atoms with van der Waals surface area (Å²) in [7, 11) is 1.64. The average molecular weight is 415 g/mol. The zero-order valence-corrected chi connectivity index (χ0v) is 17.5. The van der Waals surface area contributed by atoms with Crippen molar-refractivity contribution in [2.75, 3.05) is 19.0 Å². The monoisotopic (exact) mass is 415 g/mol. The van der Waals surface area contributed by atoms with Gasteiger partial charge < -0.3 is 15.0 Å². The number of benzene rings is 2. The van der Waals surface area contributed by atoms with Gasteiger partial charge in [-0.25, -0.2) is 0 Å². The van der Waals surface area contributed by atoms with Crippen LogP contribution in [-0.4, -0.2) is 41.4 Å². The highest BCUT2D eigenvalue weighted by atomic mass is 16.5. The highest BCUT2D eigenvalue weighted by molar-refractivity contribution is 6.01. The Labute approximate surface area is 181 Å². The van der Waals surface area contributed by atoms with Gasteiger partial charge in [0.1, 0.15) is 11.8 Å². The number of anilines is 1. The van der Waals surface area contributed by atoms with Crippen LogP contribution in [0.5, 0.6) is 5.75 Å². The molecule has 2 aromatic carbocycles. The van der Waals surface area contributed by atoms with Crippen molar-refractivity contribution in [3.8, 4) is 16.9 Å². The molecule has 2 amide bonds. The van der Waals surface area contributed by atoms with Crippen molar-refractivity contribution in [3.05, 3.63) is 78.6 Å². The number of piperidine rings is 1. The summed E-state index contributed by atoms with van der Waals surface area (Å²) in [5.41, 5.74) is 3.23. The first-order chi connectivity index (χ1) is 15.2. The maximum absolute atomic E-state index is 13.1. The van der Waals surface area contributed by atoms with Crippen molar-refractivity contribution >= 4 is 17.5 Å². The van der Waals surface area contributed by atoms with Gasteiger partial charge in [-0.15, -0.1) is 0 Å². The van der Waals surface area contributed by atoms with Crippen LogP contribution in [0.3, 0.4) is 0 Å². The van der Waals surface area contributed by atoms with Crippen LogP contribution in [0.2, 0.25) is 0 Å². The molecular formula is C25H25N3O3. The Morgan fingerprint density at radius 2 is 1.74 bits per heavy atom. The SMILES string of the molecule is COc1cccc(-c2cccc(NC(=O)C3CCCCN3C(=O)c3ccncc3)c2)c1. The summed E-state index contributed by atoms with van der Waals surface area (Å²) < 4.78 is 5.31. The number of carbonyl (C=O) groups excluding carboxylic acids is 2. The van der Waals surface area contributed by atoms with Gasteiger partial charge in [0.2, 0.25) is 5.91 Å². The third-order valence-electron chi connectivity index (χ3n) is 5.53. The Kier molecular flexibility index (Phi) is 6.26. The van der Waals surface area contributed by atoms with Crippen molar-refractivity contribution in [1.29, 1.82) is 0 Å². The molecular weight excluding hydrogens is 390 g/mol. The van der Waals surface area contributed by atoms with Gasteiger partial charge in [-0.1, -0.05) is 24.3 Å². The largest absolute Gasteiger partial charge is 0.497 e. The molecule has 1 saturated heterocycles. The highest BCUT2D eigenvalue weighted by Gasteiger charge is 2.32. The predicted octanol–water partition coefficient (Wildman–Crippen LogP) is 4.39. The van der Waals surface area contributed by atoms with Crippen LogP contribution in [0.1, 0.15) is 29.6 Å². The van der Waals surface area contributed by atoms with E-state index in [1.807, 2.05) is 48.5 Å². The summed E-state index contributed by atoms with van der Waals surface area (Å²) in [4.78, 5) is 31.7. The van der Waals surface area contributed by atoms with Gasteiger partial charge in [-0.05, 0) is 66.8 Å². The van der Waals surface area contributed by atoms with Crippen molar-refractivity contribution in [3.63, 3.8) is 0 Å². The molecule has 4 rings (SSSR count). The number of hydrogen-bond donors (Lipinski definition) is 1. The molecule has 1 fully saturated rings. The fraction of sp³-hybridized carbons (Fsp3) is 0.240. The smallest absolute Gasteiger partial charge is 0.254 e. The van der Waals surface area contributed by atoms with E-state index in [1.54, 1.807) is 36.5 Å². The summed E-state index contributed by atoms with van der Waals surface area (Å²) in [6.45, 7) is 0.573. The molecule has 0 saturated carbocycles. The van der Waals surface area contributed by atoms with E-state index in [4.69, 9.17) is 4.74 Å². The zero-order valence-electron chi connectivity index (χ0n) is 17.5. The number of amides is 2. The van der Waals surface area contributed by atoms with Gasteiger partial charge in [0, 0.05) is 30.2 Å². The van der Waals surface area contributed by atoms with Crippen LogP contribution in [-0.2, 0) is 4.79 Å². The van der Waals surface area contributed by atoms with E-state index < -0.39 is 6.04 Å². The summed E-state index contributed by atoms with van der Waals surface area (Å²) in [5.74, 6) is 0.483. The molecule has 1 unspecified atom stereocenters. The van der Waals surface area contributed by atoms with Crippen LogP contribution in [0.25, 0.3) is 11.1 Å². The molecule has 0 spiro atoms. The standard InChI is InChI=1S/C25H25N3O3/c1-31-22-9-5-7-20(17-22)19-6-4-8-21(16-19)27-24(29)23-10-2-3-15-28(23)25(30)18-11-13-26-14-12-18/h4-9,11-14,16-17,23H,2-3,10,15H2,1H3,(H,27,29). The molecule has 1 aliphatic heterocycles. The van der Waals surface area contributed by atoms with E-state index in [9.17, 15) is 9.59 Å². The predicted molar refractivity (Wildman–Crippen MR) is 120 cm³/mol. The number of ether oxygens (including phenoxy) is 1. The first-order valence-corrected chi connectivity index (χ1v) is 10.4. The van der Waals surface area contributed by atoms with E-state index in [-0.39, 0.29) is 11.8 Å². The maximum Gasteiger partial charge on any atom is 0.254 e. The molecule has 0 aliphatic carbocycles. The van der Waals surface area contributed by atoms with Crippen molar-refractivity contribution in [1.82, 2.24) is 9.88 Å². The molecule has 0 bridgehead atoms. The van der Waals surface area contributed by atoms with Gasteiger partial charge in [0.15, 0.2) is 0 Å². The fourth-order valence-corrected chi connectivity index (χ4v) is 3.91. The average Bonchev–Trinajstić information content (AvgIpc) is 2.84. The lowest BCUT2D eigenvalue weighted by Gasteiger charge is -2.34. The second-order valence-electron chi connectivity index (χ2n) is 7.55. The number of rotatable bonds is 5. The van der Waals surface area contributed by atoms with E-state index in [0.717, 1.165) is 29.7 Å². The molecule has 2 heterocycles. The minimum absolute atomic E-state index is 0.132. The Morgan fingerprint density at radius 1 is 1.00 bits per heavy atom. The Bertz CT molecular complexity index is 1070. The van der Waals surface area contributed by atoms with Crippen molar-refractivity contribution in [2.24, 2.45) is 0 Å². The number of nitrogens with one attached hydrogen (secondary N) is 1. The normalized spacial score (nSPS) is 15.9. The summed E-state index contributed by atoms with van der Waals surface area (Å²) in [6, 6.07) is 18.4. The number of methoxy groups -OCH3 is 1. The number of pyridine rings is 1. The van der Waals surface area contributed by atoms with E-state index in [1.165, 1.54) is 0 Å². The van der Waals surface area contributed by atoms with Crippen LogP contribution in [0.15, 0.2) is 73.1 Å². The quantitative estimate of drug-likeness (QED) is 0.671. The van der Waals surface area contributed by atoms with Crippen molar-refractivity contribution < 1.29 is 14.3 Å². The molecule has 3 aromatic rings. The van der Waals surface area contributed by atoms with Crippen molar-refractivity contribution in [2.45, 2.75) is 25.3 Å². The summed E-state index contributed by atoms with van der Waals surface area (Å²) in [5, 5.41) is 3.01. The topological polar surface area (TPSA) is 71.5 Å². The van der Waals surface area contributed by atoms with Crippen LogP contribution in [0.4, 0.5) is 5.69 Å². The molecule has 1 atom stereocenters. The van der Waals surface area contributed by atoms with Gasteiger partial charge in [-0.3, -0.25) is 14.6 Å². The van der Waals surface area contributed by atoms with E-state index in [0.29, 0.717) is 24.2 Å². The summed E-state index contributed by atoms with van der Waals surface area (Å²) >= 11 is 0. The number of carbonyl (C=O) groups is 2. The van der Waals surface area contributed by atoms with Gasteiger partial charge in [0.05, 0.1) is 7.11 Å². The first-order valence-electron chi connectivity index (χ1n) is 10.4. The first kappa shape index (κ1) is 20.6. The van der Waals surface area contributed by atoms with E-state index >= 15 is 0 Å². The van der Waals surface area contributed by atoms with Gasteiger partial charge >= 0.3 is 0 Å². The molecule has 1 N–H and O–H groups in total. The van der Waals surface area contributed by atoms with Gasteiger partial charge in [-0.2, -0.15) is 0 Å². The highest BCUT2D eigenvalue weighted by Crippen LogP contribution is 2.27. The maximum atomic E-state index is 13.1. The molecule has 6 heteroatoms. The Balaban J connectivity index is 1.52. The van der Waals surface area contributed by atoms with E-state index in [2.05, 4.69) is 10.3 Å². The third kappa shape index (κ3) is 4.74. The van der Waals surface area contributed by atoms with Crippen LogP contribution in [0, 0.1) is 0 Å². The third-order valence-corrected chi connectivity index (χ3v) is 5.53. The zero-order chi connectivity index (χ0) is 21.6. The molecule has 1 aliphatic rings. The number of aromatic nitrogens is 1. The number of likely N-dealkylation sites (tertiary alicyclic amines) is 1. The number of nitrogens with zero attached hydrogens (tertiary/aromatic N) is 2. The molecule has 1 aromatic heterocycles. The lowest BCUT2D eigenvalue weighted by atomic mass is 9.99. The second-order valence-corrected chi connectivity index (χ2v) is 7.55. The molecule has 6 nitrogen and oxygen atoms in total. The van der Waals surface area contributed by atoms with Crippen LogP contribution >= 0.6 is 0 Å². The molecule has 158 valence electrons. The van der Waals surface area contributed by atoms with Gasteiger partial charge in [0.25, 0.3) is 5.91 Å².